The van der Waals surface area contributed by atoms with Gasteiger partial charge in [-0.25, -0.2) is 0 Å². The Hall–Kier alpha value is -0.240. The summed E-state index contributed by atoms with van der Waals surface area (Å²) in [5.74, 6) is -0.0210. The zero-order chi connectivity index (χ0) is 17.1. The number of amides is 1. The number of rotatable bonds is 5. The predicted octanol–water partition coefficient (Wildman–Crippen LogP) is 2.94. The second kappa shape index (κ2) is 10.0. The van der Waals surface area contributed by atoms with Crippen LogP contribution in [0, 0.1) is 11.3 Å². The predicted molar refractivity (Wildman–Crippen MR) is 94.8 cm³/mol. The highest BCUT2D eigenvalue weighted by Crippen LogP contribution is 2.24. The smallest absolute Gasteiger partial charge is 0.341 e. The average molecular weight is 396 g/mol. The molecule has 1 amide bonds. The lowest BCUT2D eigenvalue weighted by atomic mass is 9.86. The number of nitrogens with zero attached hydrogens (tertiary/aromatic N) is 2. The van der Waals surface area contributed by atoms with E-state index in [1.165, 1.54) is 4.90 Å². The van der Waals surface area contributed by atoms with Gasteiger partial charge < -0.3 is 10.6 Å². The van der Waals surface area contributed by atoms with Crippen LogP contribution in [0.4, 0.5) is 13.2 Å². The van der Waals surface area contributed by atoms with Crippen LogP contribution in [0.15, 0.2) is 0 Å². The number of carbonyl (C=O) groups is 1. The number of alkyl halides is 3. The monoisotopic (exact) mass is 395 g/mol. The van der Waals surface area contributed by atoms with Crippen molar-refractivity contribution in [3.63, 3.8) is 0 Å². The summed E-state index contributed by atoms with van der Waals surface area (Å²) in [5.41, 5.74) is 5.66. The molecule has 0 bridgehead atoms. The molecular formula is C15H30Cl2F3N3O. The molecule has 1 fully saturated rings. The van der Waals surface area contributed by atoms with Crippen LogP contribution in [0.2, 0.25) is 0 Å². The van der Waals surface area contributed by atoms with Gasteiger partial charge in [0, 0.05) is 19.6 Å². The van der Waals surface area contributed by atoms with Crippen molar-refractivity contribution in [1.82, 2.24) is 9.80 Å². The molecule has 146 valence electrons. The van der Waals surface area contributed by atoms with Crippen LogP contribution in [-0.2, 0) is 4.79 Å². The van der Waals surface area contributed by atoms with Gasteiger partial charge in [0.1, 0.15) is 0 Å². The third kappa shape index (κ3) is 8.23. The molecule has 0 aromatic carbocycles. The maximum absolute atomic E-state index is 12.5. The molecule has 2 N–H and O–H groups in total. The summed E-state index contributed by atoms with van der Waals surface area (Å²) in [6.45, 7) is 8.35. The summed E-state index contributed by atoms with van der Waals surface area (Å²) < 4.78 is 37.5. The average Bonchev–Trinajstić information content (AvgIpc) is 2.81. The Morgan fingerprint density at radius 2 is 1.83 bits per heavy atom. The number of hydrogen-bond donors (Lipinski definition) is 1. The normalized spacial score (nSPS) is 19.7. The second-order valence-electron chi connectivity index (χ2n) is 7.23. The van der Waals surface area contributed by atoms with Gasteiger partial charge in [-0.1, -0.05) is 27.7 Å². The molecule has 0 spiro atoms. The van der Waals surface area contributed by atoms with Gasteiger partial charge in [-0.2, -0.15) is 13.2 Å². The molecule has 0 aliphatic carbocycles. The SMILES string of the molecule is CCN(CC1CCN(C(=O)[C@@H](N)C(C)(C)C)C1)CC(F)(F)F.Cl.Cl. The molecule has 1 saturated heterocycles. The highest BCUT2D eigenvalue weighted by Gasteiger charge is 2.36. The zero-order valence-electron chi connectivity index (χ0n) is 14.7. The molecular weight excluding hydrogens is 366 g/mol. The van der Waals surface area contributed by atoms with Crippen molar-refractivity contribution in [2.75, 3.05) is 32.7 Å². The standard InChI is InChI=1S/C15H28F3N3O.2ClH/c1-5-20(10-15(16,17)18)8-11-6-7-21(9-11)13(22)12(19)14(2,3)4;;/h11-12H,5-10,19H2,1-4H3;2*1H/t11?,12-;;/m1../s1. The van der Waals surface area contributed by atoms with Crippen LogP contribution in [-0.4, -0.2) is 60.6 Å². The Morgan fingerprint density at radius 1 is 1.29 bits per heavy atom. The van der Waals surface area contributed by atoms with Crippen LogP contribution in [0.5, 0.6) is 0 Å². The van der Waals surface area contributed by atoms with E-state index in [1.54, 1.807) is 11.8 Å². The summed E-state index contributed by atoms with van der Waals surface area (Å²) >= 11 is 0. The maximum atomic E-state index is 12.5. The molecule has 9 heteroatoms. The molecule has 0 aromatic heterocycles. The third-order valence-corrected chi connectivity index (χ3v) is 4.16. The largest absolute Gasteiger partial charge is 0.401 e. The number of nitrogens with two attached hydrogens (primary N) is 1. The van der Waals surface area contributed by atoms with Crippen LogP contribution in [0.25, 0.3) is 0 Å². The molecule has 24 heavy (non-hydrogen) atoms. The Morgan fingerprint density at radius 3 is 2.25 bits per heavy atom. The summed E-state index contributed by atoms with van der Waals surface area (Å²) in [6, 6.07) is -0.580. The third-order valence-electron chi connectivity index (χ3n) is 4.16. The second-order valence-corrected chi connectivity index (χ2v) is 7.23. The Balaban J connectivity index is 0. The van der Waals surface area contributed by atoms with Gasteiger partial charge in [0.15, 0.2) is 0 Å². The molecule has 2 atom stereocenters. The first-order chi connectivity index (χ1) is 9.94. The van der Waals surface area contributed by atoms with Crippen molar-refractivity contribution in [3.8, 4) is 0 Å². The van der Waals surface area contributed by atoms with Crippen LogP contribution < -0.4 is 5.73 Å². The van der Waals surface area contributed by atoms with Gasteiger partial charge in [-0.05, 0) is 24.3 Å². The first-order valence-electron chi connectivity index (χ1n) is 7.77. The number of hydrogen-bond acceptors (Lipinski definition) is 3. The Kier molecular flexibility index (Phi) is 10.9. The van der Waals surface area contributed by atoms with Crippen molar-refractivity contribution < 1.29 is 18.0 Å². The molecule has 1 unspecified atom stereocenters. The van der Waals surface area contributed by atoms with E-state index in [0.717, 1.165) is 6.42 Å². The van der Waals surface area contributed by atoms with E-state index in [-0.39, 0.29) is 42.1 Å². The minimum atomic E-state index is -4.18. The summed E-state index contributed by atoms with van der Waals surface area (Å²) in [7, 11) is 0. The zero-order valence-corrected chi connectivity index (χ0v) is 16.4. The first-order valence-corrected chi connectivity index (χ1v) is 7.77. The van der Waals surface area contributed by atoms with E-state index in [1.807, 2.05) is 20.8 Å². The van der Waals surface area contributed by atoms with Crippen LogP contribution in [0.1, 0.15) is 34.1 Å². The van der Waals surface area contributed by atoms with Gasteiger partial charge in [0.05, 0.1) is 12.6 Å². The molecule has 1 aliphatic rings. The number of halogens is 5. The van der Waals surface area contributed by atoms with Crippen molar-refractivity contribution >= 4 is 30.7 Å². The van der Waals surface area contributed by atoms with Crippen molar-refractivity contribution in [3.05, 3.63) is 0 Å². The Bertz CT molecular complexity index is 389. The lowest BCUT2D eigenvalue weighted by molar-refractivity contribution is -0.147. The Labute approximate surface area is 155 Å². The van der Waals surface area contributed by atoms with Gasteiger partial charge in [-0.3, -0.25) is 9.69 Å². The number of likely N-dealkylation sites (tertiary alicyclic amines) is 1. The maximum Gasteiger partial charge on any atom is 0.401 e. The number of carbonyl (C=O) groups excluding carboxylic acids is 1. The lowest BCUT2D eigenvalue weighted by Gasteiger charge is -2.30. The fourth-order valence-electron chi connectivity index (χ4n) is 2.67. The van der Waals surface area contributed by atoms with Crippen molar-refractivity contribution in [2.24, 2.45) is 17.1 Å². The van der Waals surface area contributed by atoms with E-state index in [2.05, 4.69) is 0 Å². The van der Waals surface area contributed by atoms with E-state index in [4.69, 9.17) is 5.73 Å². The van der Waals surface area contributed by atoms with Gasteiger partial charge in [0.2, 0.25) is 5.91 Å². The van der Waals surface area contributed by atoms with Gasteiger partial charge in [0.25, 0.3) is 0 Å². The fraction of sp³-hybridized carbons (Fsp3) is 0.933. The van der Waals surface area contributed by atoms with E-state index in [9.17, 15) is 18.0 Å². The van der Waals surface area contributed by atoms with E-state index in [0.29, 0.717) is 26.2 Å². The van der Waals surface area contributed by atoms with Gasteiger partial charge in [-0.15, -0.1) is 24.8 Å². The summed E-state index contributed by atoms with van der Waals surface area (Å²) in [6.07, 6.45) is -3.45. The summed E-state index contributed by atoms with van der Waals surface area (Å²) in [5, 5.41) is 0. The van der Waals surface area contributed by atoms with Crippen LogP contribution in [0.3, 0.4) is 0 Å². The molecule has 4 nitrogen and oxygen atoms in total. The molecule has 1 rings (SSSR count). The highest BCUT2D eigenvalue weighted by atomic mass is 35.5. The lowest BCUT2D eigenvalue weighted by Crippen LogP contribution is -2.50. The topological polar surface area (TPSA) is 49.6 Å². The molecule has 0 aromatic rings. The minimum absolute atomic E-state index is 0. The van der Waals surface area contributed by atoms with Crippen molar-refractivity contribution in [2.45, 2.75) is 46.3 Å². The minimum Gasteiger partial charge on any atom is -0.341 e. The molecule has 0 saturated carbocycles. The highest BCUT2D eigenvalue weighted by molar-refractivity contribution is 5.85. The van der Waals surface area contributed by atoms with Crippen molar-refractivity contribution in [1.29, 1.82) is 0 Å². The molecule has 1 aliphatic heterocycles. The van der Waals surface area contributed by atoms with Gasteiger partial charge >= 0.3 is 6.18 Å². The quantitative estimate of drug-likeness (QED) is 0.778. The van der Waals surface area contributed by atoms with E-state index < -0.39 is 18.8 Å². The van der Waals surface area contributed by atoms with Crippen LogP contribution >= 0.6 is 24.8 Å². The fourth-order valence-corrected chi connectivity index (χ4v) is 2.67. The first kappa shape index (κ1) is 26.0. The van der Waals surface area contributed by atoms with E-state index >= 15 is 0 Å². The molecule has 1 heterocycles. The molecule has 0 radical (unpaired) electrons. The summed E-state index contributed by atoms with van der Waals surface area (Å²) in [4.78, 5) is 15.4.